The van der Waals surface area contributed by atoms with Gasteiger partial charge in [0.05, 0.1) is 5.69 Å². The number of anilines is 1. The van der Waals surface area contributed by atoms with E-state index >= 15 is 0 Å². The molecule has 2 N–H and O–H groups in total. The first-order valence-electron chi connectivity index (χ1n) is 7.57. The van der Waals surface area contributed by atoms with Gasteiger partial charge in [0.25, 0.3) is 0 Å². The average Bonchev–Trinajstić information content (AvgIpc) is 2.46. The lowest BCUT2D eigenvalue weighted by Crippen LogP contribution is -2.49. The average molecular weight is 279 g/mol. The van der Waals surface area contributed by atoms with Crippen molar-refractivity contribution in [3.05, 3.63) is 29.6 Å². The highest BCUT2D eigenvalue weighted by atomic mass is 19.1. The predicted molar refractivity (Wildman–Crippen MR) is 82.5 cm³/mol. The fourth-order valence-electron chi connectivity index (χ4n) is 2.72. The molecule has 0 bridgehead atoms. The summed E-state index contributed by atoms with van der Waals surface area (Å²) in [5.41, 5.74) is 7.35. The second kappa shape index (κ2) is 6.55. The molecule has 3 nitrogen and oxygen atoms in total. The van der Waals surface area contributed by atoms with Gasteiger partial charge in [0.2, 0.25) is 0 Å². The zero-order valence-electron chi connectivity index (χ0n) is 12.8. The Balaban J connectivity index is 2.04. The van der Waals surface area contributed by atoms with Crippen LogP contribution in [0.25, 0.3) is 0 Å². The van der Waals surface area contributed by atoms with Gasteiger partial charge in [0.1, 0.15) is 5.82 Å². The quantitative estimate of drug-likeness (QED) is 0.920. The van der Waals surface area contributed by atoms with Gasteiger partial charge in [-0.15, -0.1) is 0 Å². The van der Waals surface area contributed by atoms with Crippen LogP contribution in [0.5, 0.6) is 0 Å². The summed E-state index contributed by atoms with van der Waals surface area (Å²) in [7, 11) is 0. The molecule has 1 fully saturated rings. The van der Waals surface area contributed by atoms with Crippen molar-refractivity contribution >= 4 is 5.69 Å². The molecule has 1 aliphatic heterocycles. The van der Waals surface area contributed by atoms with Crippen molar-refractivity contribution in [2.24, 2.45) is 5.73 Å². The van der Waals surface area contributed by atoms with Gasteiger partial charge in [-0.05, 0) is 38.0 Å². The van der Waals surface area contributed by atoms with Gasteiger partial charge in [-0.2, -0.15) is 0 Å². The lowest BCUT2D eigenvalue weighted by Gasteiger charge is -2.39. The van der Waals surface area contributed by atoms with E-state index in [1.165, 1.54) is 0 Å². The van der Waals surface area contributed by atoms with E-state index < -0.39 is 0 Å². The van der Waals surface area contributed by atoms with Crippen molar-refractivity contribution in [1.29, 1.82) is 0 Å². The van der Waals surface area contributed by atoms with Gasteiger partial charge in [0, 0.05) is 38.3 Å². The van der Waals surface area contributed by atoms with Crippen LogP contribution in [0, 0.1) is 5.82 Å². The molecule has 1 aromatic rings. The Morgan fingerprint density at radius 2 is 1.85 bits per heavy atom. The Kier molecular flexibility index (Phi) is 5.00. The second-order valence-corrected chi connectivity index (χ2v) is 5.78. The molecule has 0 radical (unpaired) electrons. The molecule has 0 aromatic heterocycles. The maximum absolute atomic E-state index is 14.2. The lowest BCUT2D eigenvalue weighted by molar-refractivity contribution is 0.192. The molecule has 2 atom stereocenters. The monoisotopic (exact) mass is 279 g/mol. The maximum Gasteiger partial charge on any atom is 0.146 e. The third-order valence-corrected chi connectivity index (χ3v) is 4.37. The molecule has 2 unspecified atom stereocenters. The molecule has 1 aliphatic rings. The Bertz CT molecular complexity index is 439. The Hall–Kier alpha value is -1.13. The van der Waals surface area contributed by atoms with E-state index in [9.17, 15) is 4.39 Å². The van der Waals surface area contributed by atoms with Crippen LogP contribution in [0.1, 0.15) is 38.8 Å². The van der Waals surface area contributed by atoms with Gasteiger partial charge in [-0.25, -0.2) is 4.39 Å². The Morgan fingerprint density at radius 1 is 1.20 bits per heavy atom. The molecule has 4 heteroatoms. The zero-order chi connectivity index (χ0) is 14.7. The molecule has 2 rings (SSSR count). The van der Waals surface area contributed by atoms with Crippen LogP contribution in [0.15, 0.2) is 18.2 Å². The fraction of sp³-hybridized carbons (Fsp3) is 0.625. The first-order valence-corrected chi connectivity index (χ1v) is 7.57. The molecule has 1 heterocycles. The van der Waals surface area contributed by atoms with Crippen LogP contribution < -0.4 is 10.6 Å². The maximum atomic E-state index is 14.2. The summed E-state index contributed by atoms with van der Waals surface area (Å²) in [5, 5.41) is 0. The van der Waals surface area contributed by atoms with E-state index in [1.54, 1.807) is 6.07 Å². The molecular weight excluding hydrogens is 253 g/mol. The van der Waals surface area contributed by atoms with Gasteiger partial charge in [-0.3, -0.25) is 4.90 Å². The van der Waals surface area contributed by atoms with Gasteiger partial charge < -0.3 is 10.6 Å². The molecule has 1 aromatic carbocycles. The van der Waals surface area contributed by atoms with E-state index in [0.717, 1.165) is 38.2 Å². The molecule has 1 saturated heterocycles. The number of hydrogen-bond donors (Lipinski definition) is 1. The fourth-order valence-corrected chi connectivity index (χ4v) is 2.72. The first kappa shape index (κ1) is 15.3. The number of nitrogens with two attached hydrogens (primary N) is 1. The summed E-state index contributed by atoms with van der Waals surface area (Å²) < 4.78 is 14.2. The van der Waals surface area contributed by atoms with Gasteiger partial charge in [-0.1, -0.05) is 13.0 Å². The topological polar surface area (TPSA) is 32.5 Å². The molecule has 0 amide bonds. The van der Waals surface area contributed by atoms with Crippen molar-refractivity contribution < 1.29 is 4.39 Å². The van der Waals surface area contributed by atoms with E-state index in [0.29, 0.717) is 11.7 Å². The summed E-state index contributed by atoms with van der Waals surface area (Å²) in [6.07, 6.45) is 1.16. The molecule has 0 saturated carbocycles. The number of halogens is 1. The normalized spacial score (nSPS) is 19.9. The van der Waals surface area contributed by atoms with E-state index in [4.69, 9.17) is 5.73 Å². The van der Waals surface area contributed by atoms with E-state index in [1.807, 2.05) is 19.1 Å². The number of nitrogens with zero attached hydrogens (tertiary/aromatic N) is 2. The highest BCUT2D eigenvalue weighted by Gasteiger charge is 2.22. The minimum atomic E-state index is -0.156. The summed E-state index contributed by atoms with van der Waals surface area (Å²) >= 11 is 0. The molecular formula is C16H26FN3. The van der Waals surface area contributed by atoms with E-state index in [-0.39, 0.29) is 11.9 Å². The zero-order valence-corrected chi connectivity index (χ0v) is 12.8. The highest BCUT2D eigenvalue weighted by molar-refractivity contribution is 5.50. The Labute approximate surface area is 121 Å². The number of hydrogen-bond acceptors (Lipinski definition) is 3. The van der Waals surface area contributed by atoms with Crippen LogP contribution in [-0.4, -0.2) is 37.1 Å². The van der Waals surface area contributed by atoms with Crippen molar-refractivity contribution in [2.45, 2.75) is 39.3 Å². The minimum absolute atomic E-state index is 0.124. The molecule has 112 valence electrons. The molecule has 0 aliphatic carbocycles. The van der Waals surface area contributed by atoms with Crippen molar-refractivity contribution in [1.82, 2.24) is 4.90 Å². The third kappa shape index (κ3) is 3.30. The predicted octanol–water partition coefficient (Wildman–Crippen LogP) is 2.77. The number of rotatable bonds is 4. The summed E-state index contributed by atoms with van der Waals surface area (Å²) in [5.74, 6) is -0.156. The van der Waals surface area contributed by atoms with Crippen LogP contribution >= 0.6 is 0 Å². The Morgan fingerprint density at radius 3 is 2.35 bits per heavy atom. The largest absolute Gasteiger partial charge is 0.367 e. The van der Waals surface area contributed by atoms with Gasteiger partial charge in [0.15, 0.2) is 0 Å². The van der Waals surface area contributed by atoms with Crippen molar-refractivity contribution in [3.8, 4) is 0 Å². The second-order valence-electron chi connectivity index (χ2n) is 5.78. The van der Waals surface area contributed by atoms with Crippen LogP contribution in [0.2, 0.25) is 0 Å². The molecule has 0 spiro atoms. The van der Waals surface area contributed by atoms with Crippen molar-refractivity contribution in [3.63, 3.8) is 0 Å². The van der Waals surface area contributed by atoms with E-state index in [2.05, 4.69) is 23.6 Å². The standard InChI is InChI=1S/C16H26FN3/c1-4-12(2)19-7-9-20(10-8-19)16-6-5-14(13(3)18)11-15(16)17/h5-6,11-13H,4,7-10,18H2,1-3H3. The van der Waals surface area contributed by atoms with Crippen LogP contribution in [-0.2, 0) is 0 Å². The number of benzene rings is 1. The summed E-state index contributed by atoms with van der Waals surface area (Å²) in [6.45, 7) is 10.1. The summed E-state index contributed by atoms with van der Waals surface area (Å²) in [4.78, 5) is 4.61. The summed E-state index contributed by atoms with van der Waals surface area (Å²) in [6, 6.07) is 5.86. The smallest absolute Gasteiger partial charge is 0.146 e. The minimum Gasteiger partial charge on any atom is -0.367 e. The van der Waals surface area contributed by atoms with Crippen LogP contribution in [0.3, 0.4) is 0 Å². The highest BCUT2D eigenvalue weighted by Crippen LogP contribution is 2.24. The third-order valence-electron chi connectivity index (χ3n) is 4.37. The SMILES string of the molecule is CCC(C)N1CCN(c2ccc(C(C)N)cc2F)CC1. The van der Waals surface area contributed by atoms with Crippen molar-refractivity contribution in [2.75, 3.05) is 31.1 Å². The molecule has 20 heavy (non-hydrogen) atoms. The van der Waals surface area contributed by atoms with Gasteiger partial charge >= 0.3 is 0 Å². The first-order chi connectivity index (χ1) is 9.52. The number of piperazine rings is 1. The lowest BCUT2D eigenvalue weighted by atomic mass is 10.1. The van der Waals surface area contributed by atoms with Crippen LogP contribution in [0.4, 0.5) is 10.1 Å².